The van der Waals surface area contributed by atoms with Crippen LogP contribution >= 0.6 is 11.6 Å². The molecule has 1 aromatic carbocycles. The maximum absolute atomic E-state index is 14.3. The zero-order valence-electron chi connectivity index (χ0n) is 14.0. The van der Waals surface area contributed by atoms with E-state index in [1.807, 2.05) is 0 Å². The smallest absolute Gasteiger partial charge is 0.358 e. The van der Waals surface area contributed by atoms with Gasteiger partial charge in [0.05, 0.1) is 13.7 Å². The SMILES string of the molecule is COC(=O)c1c(N)nc(N2CCCCC2)n1Cc1c(F)cccc1Cl. The van der Waals surface area contributed by atoms with Gasteiger partial charge >= 0.3 is 5.97 Å². The number of ether oxygens (including phenoxy) is 1. The summed E-state index contributed by atoms with van der Waals surface area (Å²) in [6, 6.07) is 4.48. The Bertz CT molecular complexity index is 767. The Morgan fingerprint density at radius 3 is 2.72 bits per heavy atom. The van der Waals surface area contributed by atoms with Crippen molar-refractivity contribution >= 4 is 29.3 Å². The summed E-state index contributed by atoms with van der Waals surface area (Å²) in [5.74, 6) is -0.447. The third-order valence-electron chi connectivity index (χ3n) is 4.37. The van der Waals surface area contributed by atoms with Crippen molar-refractivity contribution in [2.75, 3.05) is 30.8 Å². The largest absolute Gasteiger partial charge is 0.464 e. The fourth-order valence-corrected chi connectivity index (χ4v) is 3.32. The number of benzene rings is 1. The predicted octanol–water partition coefficient (Wildman–Crippen LogP) is 3.08. The van der Waals surface area contributed by atoms with Crippen molar-refractivity contribution in [2.45, 2.75) is 25.8 Å². The van der Waals surface area contributed by atoms with Gasteiger partial charge in [0.15, 0.2) is 11.5 Å². The van der Waals surface area contributed by atoms with E-state index >= 15 is 0 Å². The summed E-state index contributed by atoms with van der Waals surface area (Å²) in [5, 5.41) is 0.285. The van der Waals surface area contributed by atoms with E-state index in [0.717, 1.165) is 32.4 Å². The summed E-state index contributed by atoms with van der Waals surface area (Å²) < 4.78 is 20.7. The van der Waals surface area contributed by atoms with Crippen molar-refractivity contribution in [1.29, 1.82) is 0 Å². The molecule has 1 aromatic heterocycles. The highest BCUT2D eigenvalue weighted by Crippen LogP contribution is 2.29. The number of carbonyl (C=O) groups is 1. The van der Waals surface area contributed by atoms with Gasteiger partial charge in [-0.3, -0.25) is 4.57 Å². The van der Waals surface area contributed by atoms with Crippen molar-refractivity contribution in [3.05, 3.63) is 40.3 Å². The number of anilines is 2. The van der Waals surface area contributed by atoms with E-state index < -0.39 is 11.8 Å². The molecule has 0 unspecified atom stereocenters. The molecule has 2 aromatic rings. The van der Waals surface area contributed by atoms with E-state index in [1.165, 1.54) is 19.2 Å². The summed E-state index contributed by atoms with van der Waals surface area (Å²) in [7, 11) is 1.27. The first-order valence-corrected chi connectivity index (χ1v) is 8.53. The van der Waals surface area contributed by atoms with Crippen LogP contribution in [-0.2, 0) is 11.3 Å². The molecule has 0 radical (unpaired) electrons. The van der Waals surface area contributed by atoms with Crippen LogP contribution in [-0.4, -0.2) is 35.7 Å². The molecular formula is C17H20ClFN4O2. The molecule has 1 aliphatic rings. The van der Waals surface area contributed by atoms with E-state index in [-0.39, 0.29) is 28.6 Å². The molecular weight excluding hydrogens is 347 g/mol. The molecule has 3 rings (SSSR count). The first-order chi connectivity index (χ1) is 12.0. The molecule has 2 N–H and O–H groups in total. The second-order valence-corrected chi connectivity index (χ2v) is 6.38. The molecule has 0 spiro atoms. The first-order valence-electron chi connectivity index (χ1n) is 8.15. The van der Waals surface area contributed by atoms with Crippen LogP contribution in [0.1, 0.15) is 35.3 Å². The monoisotopic (exact) mass is 366 g/mol. The van der Waals surface area contributed by atoms with Gasteiger partial charge in [-0.25, -0.2) is 9.18 Å². The molecule has 1 saturated heterocycles. The summed E-state index contributed by atoms with van der Waals surface area (Å²) in [4.78, 5) is 18.6. The minimum Gasteiger partial charge on any atom is -0.464 e. The number of halogens is 2. The van der Waals surface area contributed by atoms with Gasteiger partial charge in [0.25, 0.3) is 0 Å². The van der Waals surface area contributed by atoms with Crippen LogP contribution in [0.3, 0.4) is 0 Å². The Labute approximate surface area is 150 Å². The molecule has 2 heterocycles. The first kappa shape index (κ1) is 17.5. The number of hydrogen-bond acceptors (Lipinski definition) is 5. The predicted molar refractivity (Wildman–Crippen MR) is 94.6 cm³/mol. The number of aromatic nitrogens is 2. The number of piperidine rings is 1. The molecule has 8 heteroatoms. The zero-order chi connectivity index (χ0) is 18.0. The average Bonchev–Trinajstić information content (AvgIpc) is 2.94. The molecule has 1 fully saturated rings. The summed E-state index contributed by atoms with van der Waals surface area (Å²) in [5.41, 5.74) is 6.36. The summed E-state index contributed by atoms with van der Waals surface area (Å²) in [6.07, 6.45) is 3.21. The van der Waals surface area contributed by atoms with Crippen molar-refractivity contribution in [3.8, 4) is 0 Å². The van der Waals surface area contributed by atoms with Crippen molar-refractivity contribution in [1.82, 2.24) is 9.55 Å². The van der Waals surface area contributed by atoms with Gasteiger partial charge in [-0.2, -0.15) is 4.98 Å². The highest BCUT2D eigenvalue weighted by atomic mass is 35.5. The number of carbonyl (C=O) groups excluding carboxylic acids is 1. The topological polar surface area (TPSA) is 73.4 Å². The number of esters is 1. The fourth-order valence-electron chi connectivity index (χ4n) is 3.10. The molecule has 0 aliphatic carbocycles. The summed E-state index contributed by atoms with van der Waals surface area (Å²) in [6.45, 7) is 1.66. The van der Waals surface area contributed by atoms with E-state index in [4.69, 9.17) is 22.1 Å². The average molecular weight is 367 g/mol. The van der Waals surface area contributed by atoms with E-state index in [2.05, 4.69) is 9.88 Å². The number of methoxy groups -OCH3 is 1. The molecule has 0 saturated carbocycles. The maximum atomic E-state index is 14.3. The van der Waals surface area contributed by atoms with E-state index in [9.17, 15) is 9.18 Å². The van der Waals surface area contributed by atoms with Gasteiger partial charge < -0.3 is 15.4 Å². The van der Waals surface area contributed by atoms with Gasteiger partial charge in [-0.05, 0) is 31.4 Å². The minimum atomic E-state index is -0.610. The lowest BCUT2D eigenvalue weighted by atomic mass is 10.1. The van der Waals surface area contributed by atoms with Crippen LogP contribution in [0.25, 0.3) is 0 Å². The third kappa shape index (κ3) is 3.42. The van der Waals surface area contributed by atoms with Gasteiger partial charge in [-0.1, -0.05) is 17.7 Å². The zero-order valence-corrected chi connectivity index (χ0v) is 14.7. The number of nitrogens with two attached hydrogens (primary N) is 1. The van der Waals surface area contributed by atoms with Crippen LogP contribution in [0.2, 0.25) is 5.02 Å². The molecule has 0 atom stereocenters. The van der Waals surface area contributed by atoms with Gasteiger partial charge in [0.2, 0.25) is 5.95 Å². The van der Waals surface area contributed by atoms with Crippen LogP contribution in [0.15, 0.2) is 18.2 Å². The van der Waals surface area contributed by atoms with Crippen molar-refractivity contribution in [3.63, 3.8) is 0 Å². The van der Waals surface area contributed by atoms with Gasteiger partial charge in [0.1, 0.15) is 5.82 Å². The van der Waals surface area contributed by atoms with Crippen molar-refractivity contribution in [2.24, 2.45) is 0 Å². The molecule has 25 heavy (non-hydrogen) atoms. The highest BCUT2D eigenvalue weighted by Gasteiger charge is 2.27. The molecule has 0 amide bonds. The Kier molecular flexibility index (Phi) is 5.13. The van der Waals surface area contributed by atoms with Crippen molar-refractivity contribution < 1.29 is 13.9 Å². The Hall–Kier alpha value is -2.28. The Morgan fingerprint density at radius 1 is 1.36 bits per heavy atom. The Balaban J connectivity index is 2.09. The molecule has 1 aliphatic heterocycles. The number of imidazole rings is 1. The van der Waals surface area contributed by atoms with Crippen LogP contribution in [0.4, 0.5) is 16.2 Å². The molecule has 134 valence electrons. The van der Waals surface area contributed by atoms with Gasteiger partial charge in [0, 0.05) is 23.7 Å². The van der Waals surface area contributed by atoms with Crippen LogP contribution in [0.5, 0.6) is 0 Å². The summed E-state index contributed by atoms with van der Waals surface area (Å²) >= 11 is 6.16. The van der Waals surface area contributed by atoms with E-state index in [1.54, 1.807) is 10.6 Å². The number of nitrogens with zero attached hydrogens (tertiary/aromatic N) is 3. The van der Waals surface area contributed by atoms with Crippen LogP contribution < -0.4 is 10.6 Å². The quantitative estimate of drug-likeness (QED) is 0.842. The number of rotatable bonds is 4. The molecule has 6 nitrogen and oxygen atoms in total. The van der Waals surface area contributed by atoms with Gasteiger partial charge in [-0.15, -0.1) is 0 Å². The normalized spacial score (nSPS) is 14.6. The number of nitrogen functional groups attached to an aromatic ring is 1. The fraction of sp³-hybridized carbons (Fsp3) is 0.412. The standard InChI is InChI=1S/C17H20ClFN4O2/c1-25-16(24)14-15(20)21-17(22-8-3-2-4-9-22)23(14)10-11-12(18)6-5-7-13(11)19/h5-7H,2-4,8-10,20H2,1H3. The lowest BCUT2D eigenvalue weighted by Gasteiger charge is -2.28. The third-order valence-corrected chi connectivity index (χ3v) is 4.72. The minimum absolute atomic E-state index is 0.0476. The second-order valence-electron chi connectivity index (χ2n) is 5.97. The van der Waals surface area contributed by atoms with Crippen LogP contribution in [0, 0.1) is 5.82 Å². The Morgan fingerprint density at radius 2 is 2.08 bits per heavy atom. The highest BCUT2D eigenvalue weighted by molar-refractivity contribution is 6.31. The second kappa shape index (κ2) is 7.31. The lowest BCUT2D eigenvalue weighted by Crippen LogP contribution is -2.32. The number of hydrogen-bond donors (Lipinski definition) is 1. The lowest BCUT2D eigenvalue weighted by molar-refractivity contribution is 0.0590. The van der Waals surface area contributed by atoms with E-state index in [0.29, 0.717) is 5.95 Å². The molecule has 0 bridgehead atoms. The maximum Gasteiger partial charge on any atom is 0.358 e.